The number of ether oxygens (including phenoxy) is 1. The number of benzene rings is 2. The topological polar surface area (TPSA) is 78.8 Å². The van der Waals surface area contributed by atoms with E-state index >= 15 is 0 Å². The smallest absolute Gasteiger partial charge is 0.407 e. The van der Waals surface area contributed by atoms with Crippen LogP contribution in [-0.4, -0.2) is 35.6 Å². The first-order valence-corrected chi connectivity index (χ1v) is 10.5. The summed E-state index contributed by atoms with van der Waals surface area (Å²) in [4.78, 5) is 12.8. The molecule has 2 aromatic carbocycles. The highest BCUT2D eigenvalue weighted by atomic mass is 32.1. The molecule has 1 aromatic heterocycles. The maximum absolute atomic E-state index is 12.1. The van der Waals surface area contributed by atoms with Crippen molar-refractivity contribution in [2.45, 2.75) is 24.5 Å². The number of amides is 1. The van der Waals surface area contributed by atoms with E-state index < -0.39 is 18.3 Å². The highest BCUT2D eigenvalue weighted by Gasteiger charge is 2.29. The summed E-state index contributed by atoms with van der Waals surface area (Å²) in [6, 6.07) is 20.0. The number of carbonyl (C=O) groups excluding carboxylic acids is 1. The molecule has 1 heterocycles. The molecule has 1 aliphatic carbocycles. The largest absolute Gasteiger partial charge is 0.449 e. The highest BCUT2D eigenvalue weighted by molar-refractivity contribution is 7.10. The fraction of sp³-hybridized carbons (Fsp3) is 0.261. The molecule has 3 N–H and O–H groups in total. The van der Waals surface area contributed by atoms with Gasteiger partial charge >= 0.3 is 6.09 Å². The molecule has 0 saturated heterocycles. The average molecular weight is 410 g/mol. The first-order chi connectivity index (χ1) is 14.1. The minimum absolute atomic E-state index is 0.0133. The monoisotopic (exact) mass is 409 g/mol. The molecule has 29 heavy (non-hydrogen) atoms. The van der Waals surface area contributed by atoms with Crippen LogP contribution in [0, 0.1) is 0 Å². The van der Waals surface area contributed by atoms with Gasteiger partial charge in [-0.05, 0) is 40.1 Å². The Morgan fingerprint density at radius 1 is 1.00 bits per heavy atom. The third-order valence-corrected chi connectivity index (χ3v) is 6.20. The molecule has 4 rings (SSSR count). The number of hydrogen-bond donors (Lipinski definition) is 3. The van der Waals surface area contributed by atoms with Crippen molar-refractivity contribution in [1.29, 1.82) is 0 Å². The molecule has 150 valence electrons. The summed E-state index contributed by atoms with van der Waals surface area (Å²) >= 11 is 1.39. The Morgan fingerprint density at radius 3 is 2.28 bits per heavy atom. The number of thiophene rings is 1. The molecule has 3 aromatic rings. The Balaban J connectivity index is 1.29. The van der Waals surface area contributed by atoms with Crippen molar-refractivity contribution >= 4 is 17.4 Å². The third-order valence-electron chi connectivity index (χ3n) is 5.25. The Bertz CT molecular complexity index is 927. The number of aliphatic hydroxyl groups excluding tert-OH is 2. The molecule has 2 atom stereocenters. The second-order valence-corrected chi connectivity index (χ2v) is 8.05. The van der Waals surface area contributed by atoms with Crippen LogP contribution in [0.25, 0.3) is 11.1 Å². The zero-order valence-electron chi connectivity index (χ0n) is 15.8. The number of fused-ring (bicyclic) bond motifs is 3. The van der Waals surface area contributed by atoms with E-state index in [1.165, 1.54) is 22.5 Å². The van der Waals surface area contributed by atoms with E-state index in [2.05, 4.69) is 29.6 Å². The van der Waals surface area contributed by atoms with Gasteiger partial charge in [0.1, 0.15) is 12.7 Å². The number of hydrogen-bond acceptors (Lipinski definition) is 5. The number of nitrogens with one attached hydrogen (secondary N) is 1. The maximum atomic E-state index is 12.1. The molecule has 5 nitrogen and oxygen atoms in total. The van der Waals surface area contributed by atoms with Gasteiger partial charge in [0.05, 0.1) is 6.10 Å². The normalized spacial score (nSPS) is 14.7. The van der Waals surface area contributed by atoms with Crippen LogP contribution in [0.5, 0.6) is 0 Å². The lowest BCUT2D eigenvalue weighted by Gasteiger charge is -2.17. The summed E-state index contributed by atoms with van der Waals surface area (Å²) in [5.74, 6) is 0.0133. The molecule has 0 radical (unpaired) electrons. The molecular weight excluding hydrogens is 386 g/mol. The zero-order chi connectivity index (χ0) is 20.2. The molecule has 0 aliphatic heterocycles. The SMILES string of the molecule is O=C(NCCC(O)C(O)c1cccs1)OCC1c2ccccc2-c2ccccc21. The summed E-state index contributed by atoms with van der Waals surface area (Å²) in [6.45, 7) is 0.473. The quantitative estimate of drug-likeness (QED) is 0.550. The van der Waals surface area contributed by atoms with Gasteiger partial charge in [-0.1, -0.05) is 54.6 Å². The number of carbonyl (C=O) groups is 1. The van der Waals surface area contributed by atoms with Crippen molar-refractivity contribution in [3.05, 3.63) is 82.0 Å². The van der Waals surface area contributed by atoms with Gasteiger partial charge in [0, 0.05) is 17.3 Å². The van der Waals surface area contributed by atoms with E-state index in [0.29, 0.717) is 4.88 Å². The van der Waals surface area contributed by atoms with Crippen molar-refractivity contribution < 1.29 is 19.7 Å². The fourth-order valence-electron chi connectivity index (χ4n) is 3.78. The van der Waals surface area contributed by atoms with Crippen molar-refractivity contribution in [1.82, 2.24) is 5.32 Å². The van der Waals surface area contributed by atoms with Crippen molar-refractivity contribution in [2.75, 3.05) is 13.2 Å². The van der Waals surface area contributed by atoms with E-state index in [1.54, 1.807) is 6.07 Å². The highest BCUT2D eigenvalue weighted by Crippen LogP contribution is 2.44. The van der Waals surface area contributed by atoms with Crippen LogP contribution in [0.1, 0.15) is 34.4 Å². The minimum atomic E-state index is -0.945. The molecule has 0 spiro atoms. The molecule has 0 fully saturated rings. The molecule has 1 amide bonds. The van der Waals surface area contributed by atoms with Crippen LogP contribution in [-0.2, 0) is 4.74 Å². The van der Waals surface area contributed by atoms with Crippen molar-refractivity contribution in [3.63, 3.8) is 0 Å². The van der Waals surface area contributed by atoms with Crippen molar-refractivity contribution in [3.8, 4) is 11.1 Å². The predicted molar refractivity (Wildman–Crippen MR) is 113 cm³/mol. The molecule has 1 aliphatic rings. The van der Waals surface area contributed by atoms with E-state index in [9.17, 15) is 15.0 Å². The van der Waals surface area contributed by atoms with Gasteiger partial charge in [-0.3, -0.25) is 0 Å². The predicted octanol–water partition coefficient (Wildman–Crippen LogP) is 4.07. The standard InChI is InChI=1S/C23H23NO4S/c25-20(22(26)21-10-5-13-29-21)11-12-24-23(27)28-14-19-17-8-3-1-6-15(17)16-7-2-4-9-18(16)19/h1-10,13,19-20,22,25-26H,11-12,14H2,(H,24,27). The van der Waals surface area contributed by atoms with Crippen molar-refractivity contribution in [2.24, 2.45) is 0 Å². The van der Waals surface area contributed by atoms with Gasteiger partial charge in [-0.15, -0.1) is 11.3 Å². The average Bonchev–Trinajstić information content (AvgIpc) is 3.38. The lowest BCUT2D eigenvalue weighted by atomic mass is 9.98. The summed E-state index contributed by atoms with van der Waals surface area (Å²) in [6.07, 6.45) is -2.17. The van der Waals surface area contributed by atoms with Gasteiger partial charge in [0.25, 0.3) is 0 Å². The van der Waals surface area contributed by atoms with Crippen LogP contribution in [0.15, 0.2) is 66.0 Å². The van der Waals surface area contributed by atoms with Crippen LogP contribution in [0.4, 0.5) is 4.79 Å². The Hall–Kier alpha value is -2.67. The maximum Gasteiger partial charge on any atom is 0.407 e. The van der Waals surface area contributed by atoms with E-state index in [0.717, 1.165) is 11.1 Å². The zero-order valence-corrected chi connectivity index (χ0v) is 16.6. The van der Waals surface area contributed by atoms with Crippen LogP contribution >= 0.6 is 11.3 Å². The summed E-state index contributed by atoms with van der Waals surface area (Å²) in [5, 5.41) is 24.7. The van der Waals surface area contributed by atoms with E-state index in [4.69, 9.17) is 4.74 Å². The second-order valence-electron chi connectivity index (χ2n) is 7.07. The van der Waals surface area contributed by atoms with Crippen LogP contribution in [0.3, 0.4) is 0 Å². The van der Waals surface area contributed by atoms with Gasteiger partial charge in [-0.25, -0.2) is 4.79 Å². The summed E-state index contributed by atoms with van der Waals surface area (Å²) < 4.78 is 5.46. The van der Waals surface area contributed by atoms with Gasteiger partial charge in [0.2, 0.25) is 0 Å². The molecule has 0 bridgehead atoms. The summed E-state index contributed by atoms with van der Waals surface area (Å²) in [7, 11) is 0. The number of alkyl carbamates (subject to hydrolysis) is 1. The molecule has 0 saturated carbocycles. The summed E-state index contributed by atoms with van der Waals surface area (Å²) in [5.41, 5.74) is 4.69. The van der Waals surface area contributed by atoms with Gasteiger partial charge < -0.3 is 20.3 Å². The first-order valence-electron chi connectivity index (χ1n) is 9.63. The Morgan fingerprint density at radius 2 is 1.66 bits per heavy atom. The lowest BCUT2D eigenvalue weighted by molar-refractivity contribution is 0.0158. The molecule has 2 unspecified atom stereocenters. The van der Waals surface area contributed by atoms with Gasteiger partial charge in [0.15, 0.2) is 0 Å². The minimum Gasteiger partial charge on any atom is -0.449 e. The Labute approximate surface area is 173 Å². The van der Waals surface area contributed by atoms with E-state index in [-0.39, 0.29) is 25.5 Å². The third kappa shape index (κ3) is 4.19. The van der Waals surface area contributed by atoms with Gasteiger partial charge in [-0.2, -0.15) is 0 Å². The number of rotatable bonds is 7. The second kappa shape index (κ2) is 8.78. The first kappa shape index (κ1) is 19.6. The van der Waals surface area contributed by atoms with Crippen LogP contribution < -0.4 is 5.32 Å². The Kier molecular flexibility index (Phi) is 5.94. The van der Waals surface area contributed by atoms with Crippen LogP contribution in [0.2, 0.25) is 0 Å². The molecular formula is C23H23NO4S. The lowest BCUT2D eigenvalue weighted by Crippen LogP contribution is -2.30. The fourth-order valence-corrected chi connectivity index (χ4v) is 4.55. The number of aliphatic hydroxyl groups is 2. The molecule has 6 heteroatoms. The van der Waals surface area contributed by atoms with E-state index in [1.807, 2.05) is 35.7 Å².